The minimum atomic E-state index is -3.54. The quantitative estimate of drug-likeness (QED) is 0.641. The number of rotatable bonds is 7. The van der Waals surface area contributed by atoms with E-state index in [4.69, 9.17) is 9.26 Å². The van der Waals surface area contributed by atoms with Crippen molar-refractivity contribution in [1.82, 2.24) is 23.7 Å². The SMILES string of the molecule is COc1ccc(-c2noc(CN(C)C(=O)C3CCCN(S(=O)(=O)N(C)C)C3)n2)cc1. The molecule has 0 spiro atoms. The summed E-state index contributed by atoms with van der Waals surface area (Å²) in [6.07, 6.45) is 1.28. The van der Waals surface area contributed by atoms with E-state index in [2.05, 4.69) is 10.1 Å². The first-order valence-electron chi connectivity index (χ1n) is 9.62. The topological polar surface area (TPSA) is 109 Å². The molecule has 1 amide bonds. The molecule has 1 unspecified atom stereocenters. The molecule has 1 atom stereocenters. The van der Waals surface area contributed by atoms with Crippen LogP contribution in [0.3, 0.4) is 0 Å². The Morgan fingerprint density at radius 3 is 2.60 bits per heavy atom. The van der Waals surface area contributed by atoms with Crippen LogP contribution < -0.4 is 4.74 Å². The molecule has 2 heterocycles. The molecule has 1 fully saturated rings. The number of hydrogen-bond donors (Lipinski definition) is 0. The zero-order valence-corrected chi connectivity index (χ0v) is 18.4. The maximum absolute atomic E-state index is 12.9. The molecule has 2 aromatic rings. The predicted molar refractivity (Wildman–Crippen MR) is 110 cm³/mol. The number of amides is 1. The molecule has 164 valence electrons. The molecule has 30 heavy (non-hydrogen) atoms. The fraction of sp³-hybridized carbons (Fsp3) is 0.526. The van der Waals surface area contributed by atoms with Gasteiger partial charge in [-0.15, -0.1) is 0 Å². The van der Waals surface area contributed by atoms with E-state index in [0.29, 0.717) is 31.1 Å². The van der Waals surface area contributed by atoms with Gasteiger partial charge in [0.1, 0.15) is 5.75 Å². The Labute approximate surface area is 176 Å². The minimum absolute atomic E-state index is 0.141. The van der Waals surface area contributed by atoms with E-state index in [1.54, 1.807) is 26.3 Å². The van der Waals surface area contributed by atoms with Crippen LogP contribution in [-0.4, -0.2) is 79.3 Å². The molecule has 1 aromatic heterocycles. The van der Waals surface area contributed by atoms with Crippen LogP contribution in [0.5, 0.6) is 5.75 Å². The highest BCUT2D eigenvalue weighted by molar-refractivity contribution is 7.86. The van der Waals surface area contributed by atoms with E-state index in [1.165, 1.54) is 27.6 Å². The Bertz CT molecular complexity index is 973. The third-order valence-corrected chi connectivity index (χ3v) is 6.99. The molecule has 0 N–H and O–H groups in total. The number of aromatic nitrogens is 2. The van der Waals surface area contributed by atoms with Gasteiger partial charge in [0.15, 0.2) is 0 Å². The number of hydrogen-bond acceptors (Lipinski definition) is 7. The zero-order valence-electron chi connectivity index (χ0n) is 17.6. The lowest BCUT2D eigenvalue weighted by Crippen LogP contribution is -2.49. The van der Waals surface area contributed by atoms with Crippen molar-refractivity contribution in [2.24, 2.45) is 5.92 Å². The first-order valence-corrected chi connectivity index (χ1v) is 11.0. The van der Waals surface area contributed by atoms with Crippen molar-refractivity contribution in [2.75, 3.05) is 41.3 Å². The Morgan fingerprint density at radius 1 is 1.27 bits per heavy atom. The van der Waals surface area contributed by atoms with E-state index < -0.39 is 16.1 Å². The van der Waals surface area contributed by atoms with Crippen LogP contribution in [0.1, 0.15) is 18.7 Å². The number of methoxy groups -OCH3 is 1. The first kappa shape index (κ1) is 22.2. The summed E-state index contributed by atoms with van der Waals surface area (Å²) >= 11 is 0. The standard InChI is InChI=1S/C19H27N5O5S/c1-22(2)30(26,27)24-11-5-6-15(12-24)19(25)23(3)13-17-20-18(21-29-17)14-7-9-16(28-4)10-8-14/h7-10,15H,5-6,11-13H2,1-4H3. The normalized spacial score (nSPS) is 17.8. The van der Waals surface area contributed by atoms with Crippen molar-refractivity contribution in [1.29, 1.82) is 0 Å². The molecule has 11 heteroatoms. The summed E-state index contributed by atoms with van der Waals surface area (Å²) in [6.45, 7) is 0.742. The van der Waals surface area contributed by atoms with Crippen molar-refractivity contribution in [3.8, 4) is 17.1 Å². The summed E-state index contributed by atoms with van der Waals surface area (Å²) in [6, 6.07) is 7.25. The van der Waals surface area contributed by atoms with Gasteiger partial charge in [-0.3, -0.25) is 4.79 Å². The van der Waals surface area contributed by atoms with Gasteiger partial charge in [0.2, 0.25) is 17.6 Å². The van der Waals surface area contributed by atoms with Crippen LogP contribution in [0.2, 0.25) is 0 Å². The molecule has 0 saturated carbocycles. The van der Waals surface area contributed by atoms with Crippen molar-refractivity contribution < 1.29 is 22.5 Å². The van der Waals surface area contributed by atoms with Crippen LogP contribution >= 0.6 is 0 Å². The molecule has 1 aliphatic heterocycles. The summed E-state index contributed by atoms with van der Waals surface area (Å²) in [5.41, 5.74) is 0.775. The van der Waals surface area contributed by atoms with Crippen molar-refractivity contribution in [3.05, 3.63) is 30.2 Å². The van der Waals surface area contributed by atoms with Gasteiger partial charge in [-0.1, -0.05) is 5.16 Å². The average Bonchev–Trinajstić information content (AvgIpc) is 3.21. The highest BCUT2D eigenvalue weighted by atomic mass is 32.2. The lowest BCUT2D eigenvalue weighted by molar-refractivity contribution is -0.136. The number of nitrogens with zero attached hydrogens (tertiary/aromatic N) is 5. The third-order valence-electron chi connectivity index (χ3n) is 5.09. The smallest absolute Gasteiger partial charge is 0.281 e. The Hall–Kier alpha value is -2.50. The Morgan fingerprint density at radius 2 is 1.97 bits per heavy atom. The number of carbonyl (C=O) groups is 1. The van der Waals surface area contributed by atoms with Crippen molar-refractivity contribution >= 4 is 16.1 Å². The van der Waals surface area contributed by atoms with Gasteiger partial charge in [0.05, 0.1) is 19.6 Å². The summed E-state index contributed by atoms with van der Waals surface area (Å²) in [4.78, 5) is 18.7. The molecule has 1 aliphatic rings. The largest absolute Gasteiger partial charge is 0.497 e. The molecule has 1 aromatic carbocycles. The van der Waals surface area contributed by atoms with Crippen molar-refractivity contribution in [3.63, 3.8) is 0 Å². The fourth-order valence-electron chi connectivity index (χ4n) is 3.35. The van der Waals surface area contributed by atoms with E-state index in [9.17, 15) is 13.2 Å². The van der Waals surface area contributed by atoms with Crippen LogP contribution in [-0.2, 0) is 21.5 Å². The summed E-state index contributed by atoms with van der Waals surface area (Å²) in [5.74, 6) is 0.922. The summed E-state index contributed by atoms with van der Waals surface area (Å²) in [7, 11) is 2.69. The number of piperidine rings is 1. The first-order chi connectivity index (χ1) is 14.2. The fourth-order valence-corrected chi connectivity index (χ4v) is 4.54. The molecular weight excluding hydrogens is 410 g/mol. The maximum atomic E-state index is 12.9. The van der Waals surface area contributed by atoms with E-state index >= 15 is 0 Å². The molecule has 0 radical (unpaired) electrons. The van der Waals surface area contributed by atoms with Gasteiger partial charge >= 0.3 is 0 Å². The van der Waals surface area contributed by atoms with Gasteiger partial charge in [0.25, 0.3) is 10.2 Å². The third kappa shape index (κ3) is 4.79. The summed E-state index contributed by atoms with van der Waals surface area (Å²) < 4.78 is 37.7. The Kier molecular flexibility index (Phi) is 6.74. The van der Waals surface area contributed by atoms with E-state index in [0.717, 1.165) is 11.3 Å². The Balaban J connectivity index is 1.63. The monoisotopic (exact) mass is 437 g/mol. The number of carbonyl (C=O) groups excluding carboxylic acids is 1. The maximum Gasteiger partial charge on any atom is 0.281 e. The zero-order chi connectivity index (χ0) is 21.9. The number of benzene rings is 1. The molecule has 1 saturated heterocycles. The van der Waals surface area contributed by atoms with Crippen LogP contribution in [0, 0.1) is 5.92 Å². The second kappa shape index (κ2) is 9.11. The summed E-state index contributed by atoms with van der Waals surface area (Å²) in [5, 5.41) is 3.97. The predicted octanol–water partition coefficient (Wildman–Crippen LogP) is 1.22. The van der Waals surface area contributed by atoms with Gasteiger partial charge < -0.3 is 14.2 Å². The van der Waals surface area contributed by atoms with Gasteiger partial charge in [-0.25, -0.2) is 0 Å². The van der Waals surface area contributed by atoms with E-state index in [1.807, 2.05) is 12.1 Å². The highest BCUT2D eigenvalue weighted by Crippen LogP contribution is 2.23. The van der Waals surface area contributed by atoms with Crippen LogP contribution in [0.25, 0.3) is 11.4 Å². The van der Waals surface area contributed by atoms with Crippen LogP contribution in [0.4, 0.5) is 0 Å². The molecule has 3 rings (SSSR count). The second-order valence-electron chi connectivity index (χ2n) is 7.42. The lowest BCUT2D eigenvalue weighted by Gasteiger charge is -2.34. The molecular formula is C19H27N5O5S. The van der Waals surface area contributed by atoms with E-state index in [-0.39, 0.29) is 19.0 Å². The molecule has 0 aliphatic carbocycles. The lowest BCUT2D eigenvalue weighted by atomic mass is 9.98. The molecule has 0 bridgehead atoms. The molecule has 10 nitrogen and oxygen atoms in total. The number of ether oxygens (including phenoxy) is 1. The van der Waals surface area contributed by atoms with Crippen LogP contribution in [0.15, 0.2) is 28.8 Å². The van der Waals surface area contributed by atoms with Gasteiger partial charge in [-0.2, -0.15) is 22.0 Å². The van der Waals surface area contributed by atoms with Gasteiger partial charge in [0, 0.05) is 39.8 Å². The average molecular weight is 438 g/mol. The second-order valence-corrected chi connectivity index (χ2v) is 9.56. The van der Waals surface area contributed by atoms with Gasteiger partial charge in [-0.05, 0) is 37.1 Å². The highest BCUT2D eigenvalue weighted by Gasteiger charge is 2.34. The van der Waals surface area contributed by atoms with Crippen molar-refractivity contribution in [2.45, 2.75) is 19.4 Å². The minimum Gasteiger partial charge on any atom is -0.497 e.